The number of nitrogens with one attached hydrogen (secondary N) is 1. The molecule has 3 amide bonds. The van der Waals surface area contributed by atoms with Gasteiger partial charge in [-0.1, -0.05) is 49.4 Å². The molecule has 182 valence electrons. The summed E-state index contributed by atoms with van der Waals surface area (Å²) in [6, 6.07) is 18.7. The van der Waals surface area contributed by atoms with Crippen molar-refractivity contribution in [1.82, 2.24) is 4.90 Å². The minimum Gasteiger partial charge on any atom is -0.324 e. The fraction of sp³-hybridized carbons (Fsp3) is 0.286. The Morgan fingerprint density at radius 3 is 2.49 bits per heavy atom. The smallest absolute Gasteiger partial charge is 0.324 e. The lowest BCUT2D eigenvalue weighted by Gasteiger charge is -2.36. The second-order valence-electron chi connectivity index (χ2n) is 8.84. The van der Waals surface area contributed by atoms with Crippen LogP contribution in [0.4, 0.5) is 25.0 Å². The van der Waals surface area contributed by atoms with Crippen LogP contribution in [0.2, 0.25) is 0 Å². The van der Waals surface area contributed by atoms with Gasteiger partial charge in [-0.25, -0.2) is 13.6 Å². The third kappa shape index (κ3) is 5.50. The predicted molar refractivity (Wildman–Crippen MR) is 133 cm³/mol. The van der Waals surface area contributed by atoms with Crippen LogP contribution in [0.5, 0.6) is 0 Å². The number of urea groups is 1. The lowest BCUT2D eigenvalue weighted by molar-refractivity contribution is -0.117. The van der Waals surface area contributed by atoms with E-state index in [1.54, 1.807) is 9.80 Å². The average Bonchev–Trinajstić information content (AvgIpc) is 2.84. The van der Waals surface area contributed by atoms with Crippen LogP contribution in [0, 0.1) is 18.6 Å². The van der Waals surface area contributed by atoms with E-state index < -0.39 is 11.6 Å². The van der Waals surface area contributed by atoms with Gasteiger partial charge in [-0.05, 0) is 60.7 Å². The van der Waals surface area contributed by atoms with Crippen molar-refractivity contribution in [3.05, 3.63) is 95.1 Å². The first kappa shape index (κ1) is 24.4. The zero-order chi connectivity index (χ0) is 24.9. The molecule has 0 bridgehead atoms. The molecule has 4 rings (SSSR count). The van der Waals surface area contributed by atoms with Gasteiger partial charge in [-0.15, -0.1) is 0 Å². The summed E-state index contributed by atoms with van der Waals surface area (Å²) < 4.78 is 27.0. The Hall–Kier alpha value is -3.74. The average molecular weight is 478 g/mol. The lowest BCUT2D eigenvalue weighted by atomic mass is 9.95. The number of nitrogens with zero attached hydrogens (tertiary/aromatic N) is 2. The summed E-state index contributed by atoms with van der Waals surface area (Å²) in [5, 5.41) is 3.05. The monoisotopic (exact) mass is 477 g/mol. The zero-order valence-electron chi connectivity index (χ0n) is 19.9. The summed E-state index contributed by atoms with van der Waals surface area (Å²) in [6.45, 7) is 5.08. The van der Waals surface area contributed by atoms with E-state index in [1.165, 1.54) is 6.07 Å². The van der Waals surface area contributed by atoms with Crippen molar-refractivity contribution in [3.63, 3.8) is 0 Å². The Kier molecular flexibility index (Phi) is 7.44. The quantitative estimate of drug-likeness (QED) is 0.438. The van der Waals surface area contributed by atoms with Crippen molar-refractivity contribution in [2.45, 2.75) is 39.2 Å². The van der Waals surface area contributed by atoms with Gasteiger partial charge in [-0.3, -0.25) is 9.69 Å². The van der Waals surface area contributed by atoms with Gasteiger partial charge in [-0.2, -0.15) is 0 Å². The molecular formula is C28H29F2N3O2. The molecule has 1 heterocycles. The molecule has 1 aliphatic rings. The minimum atomic E-state index is -0.934. The Balaban J connectivity index is 1.57. The van der Waals surface area contributed by atoms with Crippen LogP contribution in [0.25, 0.3) is 0 Å². The summed E-state index contributed by atoms with van der Waals surface area (Å²) in [4.78, 5) is 29.9. The van der Waals surface area contributed by atoms with Crippen molar-refractivity contribution in [2.75, 3.05) is 23.3 Å². The second kappa shape index (κ2) is 10.7. The molecule has 1 saturated heterocycles. The number of halogens is 2. The summed E-state index contributed by atoms with van der Waals surface area (Å²) in [5.41, 5.74) is 3.61. The van der Waals surface area contributed by atoms with Gasteiger partial charge in [0.15, 0.2) is 11.6 Å². The molecule has 1 fully saturated rings. The van der Waals surface area contributed by atoms with Crippen molar-refractivity contribution in [3.8, 4) is 0 Å². The van der Waals surface area contributed by atoms with Crippen LogP contribution in [0.3, 0.4) is 0 Å². The van der Waals surface area contributed by atoms with Crippen LogP contribution in [-0.2, 0) is 11.3 Å². The highest BCUT2D eigenvalue weighted by Crippen LogP contribution is 2.32. The lowest BCUT2D eigenvalue weighted by Crippen LogP contribution is -2.49. The molecular weight excluding hydrogens is 448 g/mol. The Morgan fingerprint density at radius 2 is 1.77 bits per heavy atom. The van der Waals surface area contributed by atoms with E-state index in [0.29, 0.717) is 42.9 Å². The highest BCUT2D eigenvalue weighted by molar-refractivity contribution is 6.02. The molecule has 0 unspecified atom stereocenters. The third-order valence-corrected chi connectivity index (χ3v) is 6.30. The topological polar surface area (TPSA) is 52.7 Å². The third-order valence-electron chi connectivity index (χ3n) is 6.30. The van der Waals surface area contributed by atoms with Gasteiger partial charge in [0.05, 0.1) is 17.3 Å². The van der Waals surface area contributed by atoms with Crippen molar-refractivity contribution in [2.24, 2.45) is 0 Å². The minimum absolute atomic E-state index is 0.131. The van der Waals surface area contributed by atoms with E-state index in [0.717, 1.165) is 23.3 Å². The molecule has 3 aromatic carbocycles. The molecule has 0 spiro atoms. The Morgan fingerprint density at radius 1 is 1.00 bits per heavy atom. The maximum Gasteiger partial charge on any atom is 0.324 e. The summed E-state index contributed by atoms with van der Waals surface area (Å²) in [7, 11) is 0. The number of amides is 3. The van der Waals surface area contributed by atoms with Gasteiger partial charge in [0.1, 0.15) is 0 Å². The summed E-state index contributed by atoms with van der Waals surface area (Å²) >= 11 is 0. The fourth-order valence-corrected chi connectivity index (χ4v) is 4.47. The van der Waals surface area contributed by atoms with E-state index in [4.69, 9.17) is 0 Å². The highest BCUT2D eigenvalue weighted by Gasteiger charge is 2.29. The van der Waals surface area contributed by atoms with E-state index in [9.17, 15) is 18.4 Å². The number of benzene rings is 3. The van der Waals surface area contributed by atoms with Crippen molar-refractivity contribution >= 4 is 23.3 Å². The zero-order valence-corrected chi connectivity index (χ0v) is 19.9. The molecule has 1 N–H and O–H groups in total. The maximum absolute atomic E-state index is 13.7. The first-order valence-corrected chi connectivity index (χ1v) is 11.8. The van der Waals surface area contributed by atoms with Gasteiger partial charge >= 0.3 is 6.03 Å². The van der Waals surface area contributed by atoms with E-state index in [2.05, 4.69) is 5.32 Å². The SMILES string of the molecule is CC[C@H](C(=O)Nc1cc(C)ccc1N1CCCN(Cc2ccc(F)c(F)c2)C1=O)c1ccccc1. The molecule has 0 aromatic heterocycles. The van der Waals surface area contributed by atoms with Crippen molar-refractivity contribution in [1.29, 1.82) is 0 Å². The Labute approximate surface area is 204 Å². The van der Waals surface area contributed by atoms with E-state index >= 15 is 0 Å². The molecule has 35 heavy (non-hydrogen) atoms. The van der Waals surface area contributed by atoms with Gasteiger partial charge in [0.25, 0.3) is 0 Å². The number of rotatable bonds is 7. The van der Waals surface area contributed by atoms with Gasteiger partial charge in [0.2, 0.25) is 5.91 Å². The van der Waals surface area contributed by atoms with Crippen LogP contribution in [0.15, 0.2) is 66.7 Å². The molecule has 7 heteroatoms. The van der Waals surface area contributed by atoms with Crippen LogP contribution < -0.4 is 10.2 Å². The number of carbonyl (C=O) groups is 2. The summed E-state index contributed by atoms with van der Waals surface area (Å²) in [5.74, 6) is -2.29. The molecule has 0 radical (unpaired) electrons. The van der Waals surface area contributed by atoms with Crippen LogP contribution in [0.1, 0.15) is 42.4 Å². The number of aryl methyl sites for hydroxylation is 1. The maximum atomic E-state index is 13.7. The number of anilines is 2. The van der Waals surface area contributed by atoms with Crippen molar-refractivity contribution < 1.29 is 18.4 Å². The fourth-order valence-electron chi connectivity index (χ4n) is 4.47. The molecule has 0 saturated carbocycles. The highest BCUT2D eigenvalue weighted by atomic mass is 19.2. The van der Waals surface area contributed by atoms with E-state index in [-0.39, 0.29) is 24.4 Å². The number of hydrogen-bond donors (Lipinski definition) is 1. The molecule has 1 aliphatic heterocycles. The molecule has 3 aromatic rings. The largest absolute Gasteiger partial charge is 0.324 e. The van der Waals surface area contributed by atoms with Crippen LogP contribution in [-0.4, -0.2) is 29.9 Å². The standard InChI is InChI=1S/C28H29F2N3O2/c1-3-22(21-8-5-4-6-9-21)27(34)31-25-16-19(2)10-13-26(25)33-15-7-14-32(28(33)35)18-20-11-12-23(29)24(30)17-20/h4-6,8-13,16-17,22H,3,7,14-15,18H2,1-2H3,(H,31,34)/t22-/m0/s1. The second-order valence-corrected chi connectivity index (χ2v) is 8.84. The number of carbonyl (C=O) groups excluding carboxylic acids is 2. The molecule has 1 atom stereocenters. The summed E-state index contributed by atoms with van der Waals surface area (Å²) in [6.07, 6.45) is 1.35. The van der Waals surface area contributed by atoms with Gasteiger partial charge < -0.3 is 10.2 Å². The predicted octanol–water partition coefficient (Wildman–Crippen LogP) is 6.24. The van der Waals surface area contributed by atoms with Crippen LogP contribution >= 0.6 is 0 Å². The normalized spacial score (nSPS) is 14.7. The molecule has 5 nitrogen and oxygen atoms in total. The first-order chi connectivity index (χ1) is 16.9. The first-order valence-electron chi connectivity index (χ1n) is 11.8. The number of hydrogen-bond acceptors (Lipinski definition) is 2. The van der Waals surface area contributed by atoms with E-state index in [1.807, 2.05) is 62.4 Å². The molecule has 0 aliphatic carbocycles. The van der Waals surface area contributed by atoms with Gasteiger partial charge in [0, 0.05) is 19.6 Å². The Bertz CT molecular complexity index is 1220.